The fourth-order valence-electron chi connectivity index (χ4n) is 0.556. The highest BCUT2D eigenvalue weighted by Gasteiger charge is 2.15. The number of hydrogen-bond acceptors (Lipinski definition) is 3. The van der Waals surface area contributed by atoms with Crippen molar-refractivity contribution in [2.75, 3.05) is 0 Å². The van der Waals surface area contributed by atoms with Crippen LogP contribution >= 0.6 is 0 Å². The third kappa shape index (κ3) is 0.318. The predicted molar refractivity (Wildman–Crippen MR) is 24.1 cm³/mol. The van der Waals surface area contributed by atoms with E-state index in [1.54, 1.807) is 0 Å². The van der Waals surface area contributed by atoms with Crippen molar-refractivity contribution in [2.45, 2.75) is 0 Å². The Morgan fingerprint density at radius 2 is 2.50 bits per heavy atom. The highest BCUT2D eigenvalue weighted by atomic mass is 16.7. The van der Waals surface area contributed by atoms with E-state index in [4.69, 9.17) is 9.47 Å². The minimum Gasteiger partial charge on any atom is -0.427 e. The molecule has 0 atom stereocenters. The van der Waals surface area contributed by atoms with Crippen LogP contribution in [0.4, 0.5) is 0 Å². The lowest BCUT2D eigenvalue weighted by atomic mass is 10.8. The topological polar surface area (TPSA) is 47.1 Å². The first kappa shape index (κ1) is 3.77. The van der Waals surface area contributed by atoms with E-state index in [-0.39, 0.29) is 0 Å². The molecule has 1 aliphatic heterocycles. The Labute approximate surface area is 45.4 Å². The number of nitrogens with zero attached hydrogens (tertiary/aromatic N) is 1. The molecular weight excluding hydrogens is 108 g/mol. The summed E-state index contributed by atoms with van der Waals surface area (Å²) in [5.41, 5.74) is 0. The van der Waals surface area contributed by atoms with Crippen LogP contribution in [-0.2, 0) is 0 Å². The Morgan fingerprint density at radius 3 is 3.38 bits per heavy atom. The van der Waals surface area contributed by atoms with Gasteiger partial charge in [-0.05, 0) is 0 Å². The van der Waals surface area contributed by atoms with Gasteiger partial charge in [-0.2, -0.15) is 4.98 Å². The maximum atomic E-state index is 4.77. The van der Waals surface area contributed by atoms with Crippen molar-refractivity contribution in [3.05, 3.63) is 13.1 Å². The Kier molecular flexibility index (Phi) is 0.542. The van der Waals surface area contributed by atoms with Gasteiger partial charge in [-0.3, -0.25) is 0 Å². The largest absolute Gasteiger partial charge is 0.427 e. The van der Waals surface area contributed by atoms with E-state index in [1.807, 2.05) is 0 Å². The summed E-state index contributed by atoms with van der Waals surface area (Å²) in [7, 11) is 0. The van der Waals surface area contributed by atoms with E-state index >= 15 is 0 Å². The van der Waals surface area contributed by atoms with Crippen molar-refractivity contribution in [2.24, 2.45) is 0 Å². The number of imidazole rings is 1. The van der Waals surface area contributed by atoms with Crippen LogP contribution in [-0.4, -0.2) is 9.97 Å². The van der Waals surface area contributed by atoms with Gasteiger partial charge in [0.1, 0.15) is 0 Å². The summed E-state index contributed by atoms with van der Waals surface area (Å²) in [6, 6.07) is 0. The summed E-state index contributed by atoms with van der Waals surface area (Å²) in [5, 5.41) is 0. The molecule has 41 valence electrons. The number of nitrogens with one attached hydrogen (secondary N) is 1. The highest BCUT2D eigenvalue weighted by molar-refractivity contribution is 5.27. The molecule has 0 amide bonds. The monoisotopic (exact) mass is 111 g/mol. The zero-order chi connectivity index (χ0) is 5.40. The first-order chi connectivity index (χ1) is 3.97. The van der Waals surface area contributed by atoms with Crippen molar-refractivity contribution in [1.29, 1.82) is 0 Å². The molecule has 1 N–H and O–H groups in total. The summed E-state index contributed by atoms with van der Waals surface area (Å²) in [6.45, 7) is 1.23. The second-order valence-corrected chi connectivity index (χ2v) is 1.37. The fourth-order valence-corrected chi connectivity index (χ4v) is 0.556. The summed E-state index contributed by atoms with van der Waals surface area (Å²) >= 11 is 0. The second kappa shape index (κ2) is 1.15. The third-order valence-electron chi connectivity index (χ3n) is 0.897. The molecule has 0 aromatic carbocycles. The quantitative estimate of drug-likeness (QED) is 0.523. The van der Waals surface area contributed by atoms with Crippen LogP contribution in [0, 0.1) is 6.79 Å². The van der Waals surface area contributed by atoms with Crippen LogP contribution in [0.2, 0.25) is 0 Å². The Balaban J connectivity index is 2.54. The van der Waals surface area contributed by atoms with Gasteiger partial charge in [0.25, 0.3) is 11.8 Å². The molecule has 0 aliphatic carbocycles. The number of aromatic amines is 1. The van der Waals surface area contributed by atoms with E-state index in [0.29, 0.717) is 11.8 Å². The summed E-state index contributed by atoms with van der Waals surface area (Å²) < 4.78 is 9.52. The molecule has 1 aliphatic rings. The van der Waals surface area contributed by atoms with Gasteiger partial charge in [-0.15, -0.1) is 0 Å². The molecule has 1 aromatic heterocycles. The lowest BCUT2D eigenvalue weighted by Gasteiger charge is -1.83. The summed E-state index contributed by atoms with van der Waals surface area (Å²) in [6.07, 6.45) is 1.51. The molecule has 8 heavy (non-hydrogen) atoms. The molecule has 2 rings (SSSR count). The van der Waals surface area contributed by atoms with Gasteiger partial charge in [0, 0.05) is 0 Å². The Bertz CT molecular complexity index is 177. The molecule has 0 unspecified atom stereocenters. The third-order valence-corrected chi connectivity index (χ3v) is 0.897. The van der Waals surface area contributed by atoms with Gasteiger partial charge < -0.3 is 14.5 Å². The molecule has 4 heteroatoms. The van der Waals surface area contributed by atoms with Crippen molar-refractivity contribution >= 4 is 0 Å². The maximum absolute atomic E-state index is 4.77. The van der Waals surface area contributed by atoms with Crippen LogP contribution in [0.1, 0.15) is 0 Å². The lowest BCUT2D eigenvalue weighted by molar-refractivity contribution is 0.260. The minimum absolute atomic E-state index is 0.505. The first-order valence-corrected chi connectivity index (χ1v) is 2.15. The molecule has 4 nitrogen and oxygen atoms in total. The average molecular weight is 111 g/mol. The number of ether oxygens (including phenoxy) is 2. The van der Waals surface area contributed by atoms with Crippen molar-refractivity contribution in [3.8, 4) is 11.8 Å². The van der Waals surface area contributed by atoms with Crippen molar-refractivity contribution < 1.29 is 9.47 Å². The number of aromatic nitrogens is 2. The molecule has 0 bridgehead atoms. The van der Waals surface area contributed by atoms with Crippen LogP contribution in [0.3, 0.4) is 0 Å². The van der Waals surface area contributed by atoms with Gasteiger partial charge in [0.2, 0.25) is 0 Å². The smallest absolute Gasteiger partial charge is 0.318 e. The molecule has 0 saturated carbocycles. The number of hydrogen-bond donors (Lipinski definition) is 1. The van der Waals surface area contributed by atoms with Gasteiger partial charge >= 0.3 is 6.79 Å². The van der Waals surface area contributed by atoms with Crippen molar-refractivity contribution in [3.63, 3.8) is 0 Å². The molecule has 0 spiro atoms. The SMILES string of the molecule is [CH]1Oc2nc[nH]c2O1. The van der Waals surface area contributed by atoms with E-state index in [0.717, 1.165) is 0 Å². The average Bonchev–Trinajstić information content (AvgIpc) is 2.15. The van der Waals surface area contributed by atoms with Gasteiger partial charge in [0.15, 0.2) is 0 Å². The predicted octanol–water partition coefficient (Wildman–Crippen LogP) is 0.300. The standard InChI is InChI=1S/C4H3N2O2/c1-5-3-4(6-1)8-2-7-3/h1-2H,(H,5,6). The highest BCUT2D eigenvalue weighted by Crippen LogP contribution is 2.27. The zero-order valence-corrected chi connectivity index (χ0v) is 3.92. The normalized spacial score (nSPS) is 14.5. The molecular formula is C4H3N2O2. The van der Waals surface area contributed by atoms with Gasteiger partial charge in [0.05, 0.1) is 6.33 Å². The maximum Gasteiger partial charge on any atom is 0.318 e. The van der Waals surface area contributed by atoms with E-state index in [1.165, 1.54) is 13.1 Å². The molecule has 0 saturated heterocycles. The van der Waals surface area contributed by atoms with E-state index in [2.05, 4.69) is 9.97 Å². The van der Waals surface area contributed by atoms with Gasteiger partial charge in [-0.1, -0.05) is 0 Å². The van der Waals surface area contributed by atoms with Crippen LogP contribution in [0.15, 0.2) is 6.33 Å². The van der Waals surface area contributed by atoms with Crippen LogP contribution in [0.5, 0.6) is 11.8 Å². The lowest BCUT2D eigenvalue weighted by Crippen LogP contribution is -1.86. The van der Waals surface area contributed by atoms with Crippen LogP contribution in [0.25, 0.3) is 0 Å². The molecule has 2 heterocycles. The summed E-state index contributed by atoms with van der Waals surface area (Å²) in [5.74, 6) is 1.08. The Morgan fingerprint density at radius 1 is 1.50 bits per heavy atom. The number of H-pyrrole nitrogens is 1. The van der Waals surface area contributed by atoms with E-state index in [9.17, 15) is 0 Å². The Hall–Kier alpha value is -1.19. The van der Waals surface area contributed by atoms with Gasteiger partial charge in [-0.25, -0.2) is 0 Å². The molecule has 1 aromatic rings. The molecule has 0 fully saturated rings. The zero-order valence-electron chi connectivity index (χ0n) is 3.92. The minimum atomic E-state index is 0.505. The number of fused-ring (bicyclic) bond motifs is 1. The van der Waals surface area contributed by atoms with E-state index < -0.39 is 0 Å². The number of rotatable bonds is 0. The van der Waals surface area contributed by atoms with Crippen LogP contribution < -0.4 is 9.47 Å². The molecule has 1 radical (unpaired) electrons. The van der Waals surface area contributed by atoms with Crippen molar-refractivity contribution in [1.82, 2.24) is 9.97 Å². The summed E-state index contributed by atoms with van der Waals surface area (Å²) in [4.78, 5) is 6.49. The second-order valence-electron chi connectivity index (χ2n) is 1.37. The fraction of sp³-hybridized carbons (Fsp3) is 0. The first-order valence-electron chi connectivity index (χ1n) is 2.15.